The fraction of sp³-hybridized carbons (Fsp3) is 0.647. The Morgan fingerprint density at radius 1 is 1.33 bits per heavy atom. The minimum atomic E-state index is -0.319. The smallest absolute Gasteiger partial charge is 0.147 e. The van der Waals surface area contributed by atoms with Gasteiger partial charge in [-0.2, -0.15) is 0 Å². The highest BCUT2D eigenvalue weighted by Gasteiger charge is 2.23. The summed E-state index contributed by atoms with van der Waals surface area (Å²) < 4.78 is 15.0. The first kappa shape index (κ1) is 18.9. The van der Waals surface area contributed by atoms with Crippen LogP contribution in [0.15, 0.2) is 16.6 Å². The van der Waals surface area contributed by atoms with Crippen molar-refractivity contribution in [3.05, 3.63) is 33.0 Å². The van der Waals surface area contributed by atoms with Gasteiger partial charge in [0.1, 0.15) is 5.82 Å². The molecule has 0 spiro atoms. The van der Waals surface area contributed by atoms with E-state index in [2.05, 4.69) is 48.9 Å². The number of benzene rings is 1. The van der Waals surface area contributed by atoms with E-state index in [1.807, 2.05) is 19.1 Å². The minimum absolute atomic E-state index is 0.00190. The SMILES string of the molecule is CCNC(CC(C)CC(C)(C)C)c1ccc(Br)c(Cl)c1F. The van der Waals surface area contributed by atoms with Crippen LogP contribution in [0, 0.1) is 17.2 Å². The molecule has 1 aromatic rings. The average Bonchev–Trinajstić information content (AvgIpc) is 2.33. The zero-order valence-electron chi connectivity index (χ0n) is 13.6. The van der Waals surface area contributed by atoms with Crippen molar-refractivity contribution in [3.8, 4) is 0 Å². The third kappa shape index (κ3) is 5.88. The average molecular weight is 379 g/mol. The fourth-order valence-electron chi connectivity index (χ4n) is 2.91. The molecule has 1 N–H and O–H groups in total. The minimum Gasteiger partial charge on any atom is -0.310 e. The van der Waals surface area contributed by atoms with E-state index in [1.54, 1.807) is 0 Å². The van der Waals surface area contributed by atoms with Crippen LogP contribution in [0.2, 0.25) is 5.02 Å². The van der Waals surface area contributed by atoms with Gasteiger partial charge in [-0.3, -0.25) is 0 Å². The number of rotatable bonds is 6. The van der Waals surface area contributed by atoms with Crippen molar-refractivity contribution in [1.82, 2.24) is 5.32 Å². The maximum Gasteiger partial charge on any atom is 0.147 e. The molecule has 0 aliphatic heterocycles. The van der Waals surface area contributed by atoms with E-state index >= 15 is 0 Å². The first-order valence-electron chi connectivity index (χ1n) is 7.52. The van der Waals surface area contributed by atoms with E-state index in [-0.39, 0.29) is 22.3 Å². The summed E-state index contributed by atoms with van der Waals surface area (Å²) in [5, 5.41) is 3.55. The summed E-state index contributed by atoms with van der Waals surface area (Å²) in [4.78, 5) is 0. The van der Waals surface area contributed by atoms with Crippen LogP contribution >= 0.6 is 27.5 Å². The Balaban J connectivity index is 2.94. The van der Waals surface area contributed by atoms with Gasteiger partial charge >= 0.3 is 0 Å². The Hall–Kier alpha value is -0.120. The molecule has 1 rings (SSSR count). The Morgan fingerprint density at radius 2 is 1.95 bits per heavy atom. The lowest BCUT2D eigenvalue weighted by Gasteiger charge is -2.27. The normalized spacial score (nSPS) is 15.0. The lowest BCUT2D eigenvalue weighted by atomic mass is 9.82. The van der Waals surface area contributed by atoms with E-state index < -0.39 is 0 Å². The molecule has 2 unspecified atom stereocenters. The molecule has 0 saturated heterocycles. The molecule has 0 aliphatic rings. The number of nitrogens with one attached hydrogen (secondary N) is 1. The summed E-state index contributed by atoms with van der Waals surface area (Å²) in [7, 11) is 0. The summed E-state index contributed by atoms with van der Waals surface area (Å²) in [6.07, 6.45) is 2.01. The quantitative estimate of drug-likeness (QED) is 0.568. The highest BCUT2D eigenvalue weighted by molar-refractivity contribution is 9.10. The maximum atomic E-state index is 14.4. The van der Waals surface area contributed by atoms with Crippen LogP contribution in [0.4, 0.5) is 4.39 Å². The van der Waals surface area contributed by atoms with Crippen LogP contribution in [-0.2, 0) is 0 Å². The molecule has 4 heteroatoms. The summed E-state index contributed by atoms with van der Waals surface area (Å²) in [5.74, 6) is 0.191. The molecule has 0 amide bonds. The second-order valence-electron chi connectivity index (χ2n) is 6.98. The lowest BCUT2D eigenvalue weighted by Crippen LogP contribution is -2.25. The second-order valence-corrected chi connectivity index (χ2v) is 8.21. The first-order chi connectivity index (χ1) is 9.65. The van der Waals surface area contributed by atoms with Crippen molar-refractivity contribution in [2.24, 2.45) is 11.3 Å². The van der Waals surface area contributed by atoms with E-state index in [9.17, 15) is 4.39 Å². The third-order valence-electron chi connectivity index (χ3n) is 3.49. The molecule has 21 heavy (non-hydrogen) atoms. The van der Waals surface area contributed by atoms with Crippen LogP contribution in [0.1, 0.15) is 59.1 Å². The van der Waals surface area contributed by atoms with Crippen molar-refractivity contribution in [2.45, 2.75) is 53.5 Å². The standard InChI is InChI=1S/C17H26BrClFN/c1-6-21-14(9-11(2)10-17(3,4)5)12-7-8-13(18)15(19)16(12)20/h7-8,11,14,21H,6,9-10H2,1-5H3. The van der Waals surface area contributed by atoms with E-state index in [1.165, 1.54) is 0 Å². The van der Waals surface area contributed by atoms with Crippen molar-refractivity contribution in [1.29, 1.82) is 0 Å². The molecular formula is C17H26BrClFN. The summed E-state index contributed by atoms with van der Waals surface area (Å²) >= 11 is 9.29. The summed E-state index contributed by atoms with van der Waals surface area (Å²) in [6.45, 7) is 11.8. The predicted octanol–water partition coefficient (Wildman–Crippen LogP) is 6.35. The Kier molecular flexibility index (Phi) is 7.15. The van der Waals surface area contributed by atoms with Crippen molar-refractivity contribution >= 4 is 27.5 Å². The van der Waals surface area contributed by atoms with Gasteiger partial charge < -0.3 is 5.32 Å². The monoisotopic (exact) mass is 377 g/mol. The van der Waals surface area contributed by atoms with Gasteiger partial charge in [-0.25, -0.2) is 4.39 Å². The largest absolute Gasteiger partial charge is 0.310 e. The van der Waals surface area contributed by atoms with Crippen molar-refractivity contribution in [2.75, 3.05) is 6.54 Å². The van der Waals surface area contributed by atoms with Gasteiger partial charge in [-0.1, -0.05) is 52.3 Å². The molecule has 0 aliphatic carbocycles. The van der Waals surface area contributed by atoms with Gasteiger partial charge in [-0.05, 0) is 52.7 Å². The Labute approximate surface area is 141 Å². The summed E-state index contributed by atoms with van der Waals surface area (Å²) in [6, 6.07) is 3.64. The van der Waals surface area contributed by atoms with Crippen molar-refractivity contribution in [3.63, 3.8) is 0 Å². The Bertz CT molecular complexity index is 471. The van der Waals surface area contributed by atoms with Gasteiger partial charge in [-0.15, -0.1) is 0 Å². The van der Waals surface area contributed by atoms with Gasteiger partial charge in [0, 0.05) is 16.1 Å². The van der Waals surface area contributed by atoms with Gasteiger partial charge in [0.05, 0.1) is 5.02 Å². The van der Waals surface area contributed by atoms with Crippen LogP contribution in [0.3, 0.4) is 0 Å². The first-order valence-corrected chi connectivity index (χ1v) is 8.69. The molecule has 1 aromatic carbocycles. The maximum absolute atomic E-state index is 14.4. The molecule has 0 bridgehead atoms. The molecular weight excluding hydrogens is 353 g/mol. The number of halogens is 3. The van der Waals surface area contributed by atoms with Crippen LogP contribution in [0.25, 0.3) is 0 Å². The van der Waals surface area contributed by atoms with Gasteiger partial charge in [0.15, 0.2) is 0 Å². The zero-order chi connectivity index (χ0) is 16.2. The fourth-order valence-corrected chi connectivity index (χ4v) is 3.39. The molecule has 1 nitrogen and oxygen atoms in total. The highest BCUT2D eigenvalue weighted by atomic mass is 79.9. The van der Waals surface area contributed by atoms with E-state index in [4.69, 9.17) is 11.6 Å². The molecule has 120 valence electrons. The molecule has 0 saturated carbocycles. The van der Waals surface area contributed by atoms with E-state index in [0.717, 1.165) is 19.4 Å². The Morgan fingerprint density at radius 3 is 2.48 bits per heavy atom. The topological polar surface area (TPSA) is 12.0 Å². The molecule has 0 heterocycles. The molecule has 0 aromatic heterocycles. The lowest BCUT2D eigenvalue weighted by molar-refractivity contribution is 0.275. The van der Waals surface area contributed by atoms with Gasteiger partial charge in [0.2, 0.25) is 0 Å². The van der Waals surface area contributed by atoms with Crippen LogP contribution in [-0.4, -0.2) is 6.54 Å². The van der Waals surface area contributed by atoms with E-state index in [0.29, 0.717) is 16.0 Å². The third-order valence-corrected chi connectivity index (χ3v) is 4.75. The highest BCUT2D eigenvalue weighted by Crippen LogP contribution is 2.35. The number of hydrogen-bond donors (Lipinski definition) is 1. The molecule has 2 atom stereocenters. The predicted molar refractivity (Wildman–Crippen MR) is 93.4 cm³/mol. The zero-order valence-corrected chi connectivity index (χ0v) is 15.9. The van der Waals surface area contributed by atoms with Crippen molar-refractivity contribution < 1.29 is 4.39 Å². The second kappa shape index (κ2) is 7.94. The van der Waals surface area contributed by atoms with Crippen LogP contribution in [0.5, 0.6) is 0 Å². The molecule has 0 radical (unpaired) electrons. The van der Waals surface area contributed by atoms with Gasteiger partial charge in [0.25, 0.3) is 0 Å². The number of hydrogen-bond acceptors (Lipinski definition) is 1. The summed E-state index contributed by atoms with van der Waals surface area (Å²) in [5.41, 5.74) is 0.942. The molecule has 0 fully saturated rings. The van der Waals surface area contributed by atoms with Crippen LogP contribution < -0.4 is 5.32 Å².